The van der Waals surface area contributed by atoms with Gasteiger partial charge in [-0.1, -0.05) is 136 Å². The van der Waals surface area contributed by atoms with E-state index in [4.69, 9.17) is 4.74 Å². The van der Waals surface area contributed by atoms with Crippen molar-refractivity contribution in [2.24, 2.45) is 0 Å². The van der Waals surface area contributed by atoms with E-state index in [0.29, 0.717) is 0 Å². The molecule has 2 aromatic heterocycles. The van der Waals surface area contributed by atoms with Crippen molar-refractivity contribution in [2.45, 2.75) is 112 Å². The molecule has 0 saturated heterocycles. The third-order valence-electron chi connectivity index (χ3n) is 14.5. The van der Waals surface area contributed by atoms with Gasteiger partial charge in [-0.2, -0.15) is 0 Å². The zero-order valence-corrected chi connectivity index (χ0v) is 45.1. The molecule has 0 spiro atoms. The number of nitrogens with zero attached hydrogens (tertiary/aromatic N) is 3. The Morgan fingerprint density at radius 3 is 1.97 bits per heavy atom. The molecular formula is C63H61BFIrN3O-2. The number of hydrogen-bond acceptors (Lipinski definition) is 4. The number of pyridine rings is 2. The molecule has 0 bridgehead atoms. The van der Waals surface area contributed by atoms with Crippen molar-refractivity contribution in [3.63, 3.8) is 0 Å². The molecule has 5 heterocycles. The maximum absolute atomic E-state index is 12.7. The van der Waals surface area contributed by atoms with Crippen molar-refractivity contribution < 1.29 is 29.2 Å². The molecular weight excluding hydrogens is 1040 g/mol. The van der Waals surface area contributed by atoms with Crippen molar-refractivity contribution in [2.75, 3.05) is 4.90 Å². The zero-order chi connectivity index (χ0) is 48.9. The number of benzene rings is 6. The minimum Gasteiger partial charge on any atom is -0.458 e. The summed E-state index contributed by atoms with van der Waals surface area (Å²) in [6, 6.07) is 49.0. The number of fused-ring (bicyclic) bond motifs is 6. The molecule has 0 unspecified atom stereocenters. The Kier molecular flexibility index (Phi) is 12.3. The van der Waals surface area contributed by atoms with Crippen LogP contribution in [0.25, 0.3) is 33.6 Å². The average molecular weight is 1100 g/mol. The minimum absolute atomic E-state index is 0. The summed E-state index contributed by atoms with van der Waals surface area (Å²) in [5.74, 6) is 1.58. The van der Waals surface area contributed by atoms with E-state index in [1.165, 1.54) is 79.0 Å². The first-order valence-electron chi connectivity index (χ1n) is 24.3. The fourth-order valence-corrected chi connectivity index (χ4v) is 10.2. The van der Waals surface area contributed by atoms with Crippen LogP contribution in [0.1, 0.15) is 115 Å². The quantitative estimate of drug-likeness (QED) is 0.131. The van der Waals surface area contributed by atoms with Gasteiger partial charge in [0.15, 0.2) is 0 Å². The Hall–Kier alpha value is -6.14. The Morgan fingerprint density at radius 2 is 1.30 bits per heavy atom. The Balaban J connectivity index is 0.000000325. The maximum Gasteiger partial charge on any atom is 0.256 e. The molecule has 0 amide bonds. The number of rotatable bonds is 3. The van der Waals surface area contributed by atoms with E-state index >= 15 is 0 Å². The van der Waals surface area contributed by atoms with Crippen LogP contribution in [0.15, 0.2) is 134 Å². The molecule has 355 valence electrons. The molecule has 0 atom stereocenters. The summed E-state index contributed by atoms with van der Waals surface area (Å²) in [4.78, 5) is 11.5. The summed E-state index contributed by atoms with van der Waals surface area (Å²) < 4.78 is 19.8. The predicted octanol–water partition coefficient (Wildman–Crippen LogP) is 14.5. The topological polar surface area (TPSA) is 38.2 Å². The van der Waals surface area contributed by atoms with E-state index in [0.717, 1.165) is 50.7 Å². The normalized spacial score (nSPS) is 13.9. The fourth-order valence-electron chi connectivity index (χ4n) is 10.2. The summed E-state index contributed by atoms with van der Waals surface area (Å²) in [7, 11) is 0. The van der Waals surface area contributed by atoms with Crippen molar-refractivity contribution in [1.82, 2.24) is 9.97 Å². The second-order valence-electron chi connectivity index (χ2n) is 22.9. The molecule has 11 rings (SSSR count). The third kappa shape index (κ3) is 8.64. The van der Waals surface area contributed by atoms with Crippen LogP contribution < -0.4 is 26.0 Å². The van der Waals surface area contributed by atoms with Crippen LogP contribution in [0.2, 0.25) is 0 Å². The standard InChI is InChI=1S/C50H50BN2O.C13H11FN.Ir/c1-47(2,3)33-18-20-41-36(26-33)50(10,11)37-27-35(49(7,8)9)29-39-46(37)53(41)42-24-32(30-15-14-16-31(23-30)40-17-12-13-22-52-40)25-44-45(42)51(39)38-28-34(48(4,5)6)19-21-43(38)54-44;1-9-7-13(15-8-10(9)2)11-3-5-12(14)6-4-11;/h12-15,17-29H,1-11H3;3,5-8H,1-2H3;/q2*-1;. The second kappa shape index (κ2) is 17.6. The summed E-state index contributed by atoms with van der Waals surface area (Å²) in [5, 5.41) is 0. The molecule has 8 aromatic rings. The molecule has 6 aromatic carbocycles. The number of hydrogen-bond donors (Lipinski definition) is 0. The van der Waals surface area contributed by atoms with Gasteiger partial charge < -0.3 is 19.6 Å². The van der Waals surface area contributed by atoms with Crippen molar-refractivity contribution in [3.05, 3.63) is 191 Å². The van der Waals surface area contributed by atoms with E-state index in [1.54, 1.807) is 6.07 Å². The van der Waals surface area contributed by atoms with Gasteiger partial charge in [-0.25, -0.2) is 0 Å². The van der Waals surface area contributed by atoms with Gasteiger partial charge in [-0.05, 0) is 127 Å². The molecule has 0 N–H and O–H groups in total. The average Bonchev–Trinajstić information content (AvgIpc) is 3.31. The van der Waals surface area contributed by atoms with E-state index < -0.39 is 0 Å². The van der Waals surface area contributed by atoms with Crippen LogP contribution in [0.4, 0.5) is 21.5 Å². The van der Waals surface area contributed by atoms with E-state index in [2.05, 4.69) is 176 Å². The van der Waals surface area contributed by atoms with Crippen molar-refractivity contribution in [1.29, 1.82) is 0 Å². The minimum atomic E-state index is -0.275. The van der Waals surface area contributed by atoms with Crippen LogP contribution in [0.3, 0.4) is 0 Å². The molecule has 70 heavy (non-hydrogen) atoms. The summed E-state index contributed by atoms with van der Waals surface area (Å²) >= 11 is 0. The van der Waals surface area contributed by atoms with Gasteiger partial charge in [0.1, 0.15) is 11.5 Å². The number of aromatic nitrogens is 2. The van der Waals surface area contributed by atoms with Gasteiger partial charge >= 0.3 is 0 Å². The van der Waals surface area contributed by atoms with Crippen molar-refractivity contribution in [3.8, 4) is 45.1 Å². The molecule has 3 aliphatic heterocycles. The molecule has 7 heteroatoms. The molecule has 0 aliphatic carbocycles. The molecule has 0 fully saturated rings. The largest absolute Gasteiger partial charge is 0.458 e. The van der Waals surface area contributed by atoms with Crippen LogP contribution >= 0.6 is 0 Å². The fraction of sp³-hybridized carbons (Fsp3) is 0.270. The number of halogens is 1. The predicted molar refractivity (Wildman–Crippen MR) is 286 cm³/mol. The number of ether oxygens (including phenoxy) is 1. The van der Waals surface area contributed by atoms with Crippen LogP contribution in [-0.4, -0.2) is 16.7 Å². The van der Waals surface area contributed by atoms with Crippen molar-refractivity contribution >= 4 is 40.2 Å². The zero-order valence-electron chi connectivity index (χ0n) is 42.7. The first-order valence-corrected chi connectivity index (χ1v) is 24.3. The Bertz CT molecular complexity index is 3320. The molecule has 1 radical (unpaired) electrons. The monoisotopic (exact) mass is 1100 g/mol. The van der Waals surface area contributed by atoms with Crippen LogP contribution in [0, 0.1) is 31.8 Å². The SMILES string of the molecule is CC(C)(C)c1ccc2c(c1)B1c3cc(C(C)(C)C)cc4c3N(c3ccc(C(C)(C)C)cc3C4(C)C)c3cc(-c4cc[c-]c(-c5ccccn5)c4)cc(c31)O2.Cc1cnc(-c2[c-]cc(F)cc2)cc1C.[Ir]. The summed E-state index contributed by atoms with van der Waals surface area (Å²) in [6.45, 7) is 29.8. The Labute approximate surface area is 429 Å². The van der Waals surface area contributed by atoms with Gasteiger partial charge in [0, 0.05) is 55.1 Å². The number of anilines is 3. The van der Waals surface area contributed by atoms with E-state index in [1.807, 2.05) is 56.6 Å². The Morgan fingerprint density at radius 1 is 0.600 bits per heavy atom. The van der Waals surface area contributed by atoms with E-state index in [9.17, 15) is 4.39 Å². The van der Waals surface area contributed by atoms with Gasteiger partial charge in [-0.3, -0.25) is 4.39 Å². The number of aryl methyl sites for hydroxylation is 2. The van der Waals surface area contributed by atoms with Gasteiger partial charge in [0.05, 0.1) is 5.69 Å². The first kappa shape index (κ1) is 48.9. The smallest absolute Gasteiger partial charge is 0.256 e. The van der Waals surface area contributed by atoms with Gasteiger partial charge in [0.25, 0.3) is 6.71 Å². The second-order valence-corrected chi connectivity index (χ2v) is 22.9. The summed E-state index contributed by atoms with van der Waals surface area (Å²) in [5.41, 5.74) is 22.2. The maximum atomic E-state index is 12.7. The summed E-state index contributed by atoms with van der Waals surface area (Å²) in [6.07, 6.45) is 3.66. The third-order valence-corrected chi connectivity index (χ3v) is 14.5. The van der Waals surface area contributed by atoms with Gasteiger partial charge in [0.2, 0.25) is 0 Å². The molecule has 3 aliphatic rings. The molecule has 4 nitrogen and oxygen atoms in total. The van der Waals surface area contributed by atoms with Crippen LogP contribution in [-0.2, 0) is 41.8 Å². The van der Waals surface area contributed by atoms with Crippen LogP contribution in [0.5, 0.6) is 11.5 Å². The first-order chi connectivity index (χ1) is 32.6. The van der Waals surface area contributed by atoms with Gasteiger partial charge in [-0.15, -0.1) is 65.2 Å². The van der Waals surface area contributed by atoms with E-state index in [-0.39, 0.29) is 54.3 Å². The molecule has 0 saturated carbocycles.